The molecule has 1 aliphatic heterocycles. The van der Waals surface area contributed by atoms with E-state index in [9.17, 15) is 9.18 Å². The number of aromatic nitrogens is 3. The second kappa shape index (κ2) is 9.17. The largest absolute Gasteiger partial charge is 0.353 e. The van der Waals surface area contributed by atoms with Gasteiger partial charge in [-0.05, 0) is 48.7 Å². The Bertz CT molecular complexity index is 979. The maximum absolute atomic E-state index is 13.0. The van der Waals surface area contributed by atoms with Gasteiger partial charge in [-0.3, -0.25) is 19.4 Å². The van der Waals surface area contributed by atoms with Gasteiger partial charge in [0.25, 0.3) is 0 Å². The number of hydrogen-bond acceptors (Lipinski definition) is 4. The molecule has 1 aromatic carbocycles. The Balaban J connectivity index is 1.26. The summed E-state index contributed by atoms with van der Waals surface area (Å²) in [6.45, 7) is 2.68. The predicted octanol–water partition coefficient (Wildman–Crippen LogP) is 2.94. The van der Waals surface area contributed by atoms with Crippen molar-refractivity contribution < 1.29 is 9.18 Å². The van der Waals surface area contributed by atoms with Crippen molar-refractivity contribution in [2.24, 2.45) is 7.05 Å². The van der Waals surface area contributed by atoms with Gasteiger partial charge in [-0.1, -0.05) is 12.1 Å². The molecule has 6 nitrogen and oxygen atoms in total. The van der Waals surface area contributed by atoms with E-state index in [1.165, 1.54) is 12.1 Å². The minimum atomic E-state index is -0.285. The van der Waals surface area contributed by atoms with Gasteiger partial charge in [0.2, 0.25) is 5.91 Å². The van der Waals surface area contributed by atoms with Crippen LogP contribution in [0.25, 0.3) is 11.3 Å². The maximum atomic E-state index is 13.0. The van der Waals surface area contributed by atoms with E-state index < -0.39 is 0 Å². The molecule has 0 saturated carbocycles. The summed E-state index contributed by atoms with van der Waals surface area (Å²) in [5.74, 6) is -0.291. The smallest absolute Gasteiger partial charge is 0.224 e. The summed E-state index contributed by atoms with van der Waals surface area (Å²) in [4.78, 5) is 18.8. The quantitative estimate of drug-likeness (QED) is 0.683. The molecular formula is C23H26FN5O. The van der Waals surface area contributed by atoms with Crippen LogP contribution < -0.4 is 5.32 Å². The molecule has 156 valence electrons. The third-order valence-corrected chi connectivity index (χ3v) is 5.55. The van der Waals surface area contributed by atoms with Crippen molar-refractivity contribution in [2.45, 2.75) is 31.8 Å². The van der Waals surface area contributed by atoms with E-state index in [4.69, 9.17) is 0 Å². The number of piperidine rings is 1. The fourth-order valence-electron chi connectivity index (χ4n) is 3.84. The number of nitrogens with zero attached hydrogens (tertiary/aromatic N) is 4. The zero-order chi connectivity index (χ0) is 20.9. The van der Waals surface area contributed by atoms with Gasteiger partial charge in [0, 0.05) is 50.7 Å². The summed E-state index contributed by atoms with van der Waals surface area (Å²) in [6, 6.07) is 12.3. The molecule has 0 aliphatic carbocycles. The number of rotatable bonds is 6. The molecule has 1 saturated heterocycles. The molecule has 2 aromatic heterocycles. The van der Waals surface area contributed by atoms with Crippen LogP contribution in [0.4, 0.5) is 4.39 Å². The van der Waals surface area contributed by atoms with E-state index >= 15 is 0 Å². The molecule has 3 heterocycles. The number of pyridine rings is 1. The van der Waals surface area contributed by atoms with Gasteiger partial charge >= 0.3 is 0 Å². The Kier molecular flexibility index (Phi) is 6.18. The zero-order valence-electron chi connectivity index (χ0n) is 17.1. The molecule has 3 aromatic rings. The van der Waals surface area contributed by atoms with E-state index in [1.54, 1.807) is 18.3 Å². The third kappa shape index (κ3) is 5.10. The Morgan fingerprint density at radius 2 is 1.97 bits per heavy atom. The number of carbonyl (C=O) groups is 1. The number of benzene rings is 1. The van der Waals surface area contributed by atoms with Crippen LogP contribution in [0.15, 0.2) is 54.9 Å². The van der Waals surface area contributed by atoms with Gasteiger partial charge < -0.3 is 5.32 Å². The lowest BCUT2D eigenvalue weighted by Crippen LogP contribution is -2.44. The summed E-state index contributed by atoms with van der Waals surface area (Å²) < 4.78 is 14.9. The predicted molar refractivity (Wildman–Crippen MR) is 113 cm³/mol. The first-order valence-electron chi connectivity index (χ1n) is 10.3. The fourth-order valence-corrected chi connectivity index (χ4v) is 3.84. The number of carbonyl (C=O) groups excluding carboxylic acids is 1. The van der Waals surface area contributed by atoms with E-state index in [0.717, 1.165) is 55.0 Å². The Morgan fingerprint density at radius 3 is 2.67 bits per heavy atom. The summed E-state index contributed by atoms with van der Waals surface area (Å²) in [6.07, 6.45) is 5.71. The second-order valence-electron chi connectivity index (χ2n) is 7.81. The first-order valence-corrected chi connectivity index (χ1v) is 10.3. The van der Waals surface area contributed by atoms with E-state index in [0.29, 0.717) is 0 Å². The summed E-state index contributed by atoms with van der Waals surface area (Å²) in [7, 11) is 1.97. The molecule has 30 heavy (non-hydrogen) atoms. The van der Waals surface area contributed by atoms with Crippen LogP contribution in [0.2, 0.25) is 0 Å². The number of halogens is 1. The first kappa shape index (κ1) is 20.2. The molecule has 0 atom stereocenters. The highest BCUT2D eigenvalue weighted by atomic mass is 19.1. The number of likely N-dealkylation sites (tertiary alicyclic amines) is 1. The van der Waals surface area contributed by atoms with Crippen LogP contribution in [-0.2, 0) is 24.8 Å². The van der Waals surface area contributed by atoms with Gasteiger partial charge in [0.15, 0.2) is 0 Å². The zero-order valence-corrected chi connectivity index (χ0v) is 17.1. The average molecular weight is 407 g/mol. The minimum Gasteiger partial charge on any atom is -0.353 e. The molecule has 7 heteroatoms. The second-order valence-corrected chi connectivity index (χ2v) is 7.81. The average Bonchev–Trinajstić information content (AvgIpc) is 3.12. The van der Waals surface area contributed by atoms with Gasteiger partial charge in [0.05, 0.1) is 17.8 Å². The van der Waals surface area contributed by atoms with Crippen molar-refractivity contribution in [2.75, 3.05) is 13.1 Å². The monoisotopic (exact) mass is 407 g/mol. The van der Waals surface area contributed by atoms with E-state index in [1.807, 2.05) is 30.1 Å². The van der Waals surface area contributed by atoms with Crippen LogP contribution in [-0.4, -0.2) is 44.7 Å². The molecule has 0 spiro atoms. The van der Waals surface area contributed by atoms with Crippen LogP contribution >= 0.6 is 0 Å². The van der Waals surface area contributed by atoms with Crippen molar-refractivity contribution in [1.82, 2.24) is 25.0 Å². The van der Waals surface area contributed by atoms with Crippen LogP contribution in [0, 0.1) is 5.82 Å². The van der Waals surface area contributed by atoms with Gasteiger partial charge in [-0.15, -0.1) is 0 Å². The lowest BCUT2D eigenvalue weighted by molar-refractivity contribution is -0.121. The minimum absolute atomic E-state index is 0.00666. The summed E-state index contributed by atoms with van der Waals surface area (Å²) >= 11 is 0. The summed E-state index contributed by atoms with van der Waals surface area (Å²) in [5.41, 5.74) is 3.94. The molecule has 0 unspecified atom stereocenters. The van der Waals surface area contributed by atoms with Crippen LogP contribution in [0.1, 0.15) is 24.1 Å². The van der Waals surface area contributed by atoms with Crippen molar-refractivity contribution in [3.8, 4) is 11.3 Å². The van der Waals surface area contributed by atoms with Crippen molar-refractivity contribution >= 4 is 5.91 Å². The van der Waals surface area contributed by atoms with Crippen LogP contribution in [0.3, 0.4) is 0 Å². The molecular weight excluding hydrogens is 381 g/mol. The van der Waals surface area contributed by atoms with E-state index in [-0.39, 0.29) is 24.2 Å². The van der Waals surface area contributed by atoms with Gasteiger partial charge in [-0.2, -0.15) is 5.10 Å². The van der Waals surface area contributed by atoms with Gasteiger partial charge in [-0.25, -0.2) is 4.39 Å². The van der Waals surface area contributed by atoms with E-state index in [2.05, 4.69) is 26.4 Å². The normalized spacial score (nSPS) is 15.3. The van der Waals surface area contributed by atoms with Crippen molar-refractivity contribution in [3.05, 3.63) is 71.9 Å². The highest BCUT2D eigenvalue weighted by Gasteiger charge is 2.22. The molecule has 0 bridgehead atoms. The van der Waals surface area contributed by atoms with Crippen molar-refractivity contribution in [1.29, 1.82) is 0 Å². The lowest BCUT2D eigenvalue weighted by atomic mass is 10.0. The Labute approximate surface area is 175 Å². The number of aryl methyl sites for hydroxylation is 1. The molecule has 0 radical (unpaired) electrons. The Morgan fingerprint density at radius 1 is 1.20 bits per heavy atom. The number of amides is 1. The Hall–Kier alpha value is -3.06. The highest BCUT2D eigenvalue weighted by Crippen LogP contribution is 2.20. The molecule has 1 fully saturated rings. The molecule has 4 rings (SSSR count). The van der Waals surface area contributed by atoms with Crippen molar-refractivity contribution in [3.63, 3.8) is 0 Å². The SMILES string of the molecule is Cn1nc(-c2cccnc2)cc1CN1CCC(NC(=O)Cc2ccc(F)cc2)CC1. The highest BCUT2D eigenvalue weighted by molar-refractivity contribution is 5.78. The number of hydrogen-bond donors (Lipinski definition) is 1. The third-order valence-electron chi connectivity index (χ3n) is 5.55. The topological polar surface area (TPSA) is 63.1 Å². The standard InChI is InChI=1S/C23H26FN5O/c1-28-21(14-22(27-28)18-3-2-10-25-15-18)16-29-11-8-20(9-12-29)26-23(30)13-17-4-6-19(24)7-5-17/h2-7,10,14-15,20H,8-9,11-13,16H2,1H3,(H,26,30). The maximum Gasteiger partial charge on any atom is 0.224 e. The first-order chi connectivity index (χ1) is 14.6. The van der Waals surface area contributed by atoms with Crippen LogP contribution in [0.5, 0.6) is 0 Å². The molecule has 1 N–H and O–H groups in total. The number of nitrogens with one attached hydrogen (secondary N) is 1. The van der Waals surface area contributed by atoms with Gasteiger partial charge in [0.1, 0.15) is 5.82 Å². The fraction of sp³-hybridized carbons (Fsp3) is 0.348. The summed E-state index contributed by atoms with van der Waals surface area (Å²) in [5, 5.41) is 7.74. The lowest BCUT2D eigenvalue weighted by Gasteiger charge is -2.32. The molecule has 1 amide bonds. The molecule has 1 aliphatic rings.